The lowest BCUT2D eigenvalue weighted by atomic mass is 10.2. The lowest BCUT2D eigenvalue weighted by Gasteiger charge is -2.09. The van der Waals surface area contributed by atoms with Crippen LogP contribution in [0.5, 0.6) is 0 Å². The van der Waals surface area contributed by atoms with Crippen molar-refractivity contribution in [3.63, 3.8) is 0 Å². The van der Waals surface area contributed by atoms with Gasteiger partial charge in [-0.3, -0.25) is 10.1 Å². The first kappa shape index (κ1) is 14.2. The Morgan fingerprint density at radius 2 is 1.95 bits per heavy atom. The normalized spacial score (nSPS) is 10.3. The Morgan fingerprint density at radius 1 is 1.25 bits per heavy atom. The minimum Gasteiger partial charge on any atom is -0.373 e. The smallest absolute Gasteiger partial charge is 0.298 e. The van der Waals surface area contributed by atoms with Crippen LogP contribution >= 0.6 is 11.6 Å². The number of nitrogens with one attached hydrogen (secondary N) is 1. The fraction of sp³-hybridized carbons (Fsp3) is 0.0769. The summed E-state index contributed by atoms with van der Waals surface area (Å²) in [5.74, 6) is -2.03. The standard InChI is InChI=1S/C13H9ClF2N2O2/c14-10-4-2-1-3-8(10)7-17-13-11(16)5-9(15)6-12(13)18(19)20/h1-6,17H,7H2. The van der Waals surface area contributed by atoms with Crippen molar-refractivity contribution in [3.8, 4) is 0 Å². The minimum absolute atomic E-state index is 0.0864. The van der Waals surface area contributed by atoms with E-state index < -0.39 is 22.2 Å². The van der Waals surface area contributed by atoms with Crippen LogP contribution in [0.15, 0.2) is 36.4 Å². The molecule has 0 aliphatic rings. The number of anilines is 1. The zero-order valence-electron chi connectivity index (χ0n) is 10.1. The third-order valence-electron chi connectivity index (χ3n) is 2.64. The lowest BCUT2D eigenvalue weighted by Crippen LogP contribution is -2.06. The molecule has 0 unspecified atom stereocenters. The summed E-state index contributed by atoms with van der Waals surface area (Å²) in [5, 5.41) is 13.8. The van der Waals surface area contributed by atoms with Crippen molar-refractivity contribution >= 4 is 23.0 Å². The highest BCUT2D eigenvalue weighted by Crippen LogP contribution is 2.29. The third kappa shape index (κ3) is 3.03. The van der Waals surface area contributed by atoms with E-state index in [9.17, 15) is 18.9 Å². The number of nitro groups is 1. The second-order valence-corrected chi connectivity index (χ2v) is 4.39. The van der Waals surface area contributed by atoms with Gasteiger partial charge in [-0.05, 0) is 11.6 Å². The fourth-order valence-electron chi connectivity index (χ4n) is 1.70. The molecule has 7 heteroatoms. The first-order valence-corrected chi connectivity index (χ1v) is 5.97. The van der Waals surface area contributed by atoms with Crippen molar-refractivity contribution < 1.29 is 13.7 Å². The fourth-order valence-corrected chi connectivity index (χ4v) is 1.91. The number of hydrogen-bond acceptors (Lipinski definition) is 3. The van der Waals surface area contributed by atoms with Crippen LogP contribution in [-0.4, -0.2) is 4.92 Å². The van der Waals surface area contributed by atoms with Crippen LogP contribution in [0.25, 0.3) is 0 Å². The molecule has 0 aliphatic heterocycles. The van der Waals surface area contributed by atoms with E-state index in [1.807, 2.05) is 0 Å². The Balaban J connectivity index is 2.30. The monoisotopic (exact) mass is 298 g/mol. The molecule has 0 atom stereocenters. The van der Waals surface area contributed by atoms with Crippen molar-refractivity contribution in [2.45, 2.75) is 6.54 Å². The van der Waals surface area contributed by atoms with Gasteiger partial charge in [-0.2, -0.15) is 0 Å². The highest BCUT2D eigenvalue weighted by Gasteiger charge is 2.20. The Kier molecular flexibility index (Phi) is 4.14. The maximum absolute atomic E-state index is 13.6. The van der Waals surface area contributed by atoms with E-state index in [1.165, 1.54) is 0 Å². The summed E-state index contributed by atoms with van der Waals surface area (Å²) in [7, 11) is 0. The topological polar surface area (TPSA) is 55.2 Å². The van der Waals surface area contributed by atoms with E-state index in [-0.39, 0.29) is 12.2 Å². The van der Waals surface area contributed by atoms with E-state index in [1.54, 1.807) is 24.3 Å². The highest BCUT2D eigenvalue weighted by atomic mass is 35.5. The van der Waals surface area contributed by atoms with Gasteiger partial charge in [0.2, 0.25) is 0 Å². The zero-order valence-corrected chi connectivity index (χ0v) is 10.8. The summed E-state index contributed by atoms with van der Waals surface area (Å²) < 4.78 is 26.6. The molecule has 0 amide bonds. The average Bonchev–Trinajstić information content (AvgIpc) is 2.38. The van der Waals surface area contributed by atoms with E-state index in [0.29, 0.717) is 22.7 Å². The van der Waals surface area contributed by atoms with Crippen LogP contribution in [-0.2, 0) is 6.54 Å². The minimum atomic E-state index is -1.02. The highest BCUT2D eigenvalue weighted by molar-refractivity contribution is 6.31. The Morgan fingerprint density at radius 3 is 2.60 bits per heavy atom. The predicted molar refractivity (Wildman–Crippen MR) is 71.8 cm³/mol. The van der Waals surface area contributed by atoms with Gasteiger partial charge >= 0.3 is 0 Å². The van der Waals surface area contributed by atoms with Gasteiger partial charge in [0.25, 0.3) is 5.69 Å². The number of halogens is 3. The molecule has 1 N–H and O–H groups in total. The molecule has 2 aromatic rings. The number of nitrogens with zero attached hydrogens (tertiary/aromatic N) is 1. The first-order valence-electron chi connectivity index (χ1n) is 5.59. The molecular formula is C13H9ClF2N2O2. The quantitative estimate of drug-likeness (QED) is 0.682. The number of rotatable bonds is 4. The molecule has 0 radical (unpaired) electrons. The van der Waals surface area contributed by atoms with E-state index in [4.69, 9.17) is 11.6 Å². The summed E-state index contributed by atoms with van der Waals surface area (Å²) in [6.07, 6.45) is 0. The summed E-state index contributed by atoms with van der Waals surface area (Å²) in [5.41, 5.74) is -0.377. The lowest BCUT2D eigenvalue weighted by molar-refractivity contribution is -0.384. The molecule has 0 aliphatic carbocycles. The van der Waals surface area contributed by atoms with Crippen LogP contribution < -0.4 is 5.32 Å². The molecule has 0 heterocycles. The molecule has 0 saturated heterocycles. The first-order chi connectivity index (χ1) is 9.49. The zero-order chi connectivity index (χ0) is 14.7. The largest absolute Gasteiger partial charge is 0.373 e. The molecule has 0 spiro atoms. The van der Waals surface area contributed by atoms with Crippen molar-refractivity contribution in [1.82, 2.24) is 0 Å². The third-order valence-corrected chi connectivity index (χ3v) is 3.01. The molecule has 4 nitrogen and oxygen atoms in total. The van der Waals surface area contributed by atoms with Gasteiger partial charge in [-0.15, -0.1) is 0 Å². The van der Waals surface area contributed by atoms with Crippen molar-refractivity contribution in [3.05, 3.63) is 68.7 Å². The van der Waals surface area contributed by atoms with Gasteiger partial charge in [0.05, 0.1) is 11.0 Å². The molecule has 0 fully saturated rings. The molecule has 0 aromatic heterocycles. The number of hydrogen-bond donors (Lipinski definition) is 1. The molecule has 20 heavy (non-hydrogen) atoms. The second-order valence-electron chi connectivity index (χ2n) is 3.98. The van der Waals surface area contributed by atoms with Gasteiger partial charge in [0, 0.05) is 17.6 Å². The van der Waals surface area contributed by atoms with Crippen molar-refractivity contribution in [2.24, 2.45) is 0 Å². The van der Waals surface area contributed by atoms with Gasteiger partial charge in [-0.25, -0.2) is 8.78 Å². The maximum atomic E-state index is 13.6. The molecule has 0 saturated carbocycles. The average molecular weight is 299 g/mol. The SMILES string of the molecule is O=[N+]([O-])c1cc(F)cc(F)c1NCc1ccccc1Cl. The molecular weight excluding hydrogens is 290 g/mol. The van der Waals surface area contributed by atoms with Crippen molar-refractivity contribution in [2.75, 3.05) is 5.32 Å². The molecule has 104 valence electrons. The second kappa shape index (κ2) is 5.83. The van der Waals surface area contributed by atoms with Gasteiger partial charge in [0.1, 0.15) is 11.5 Å². The van der Waals surface area contributed by atoms with E-state index >= 15 is 0 Å². The van der Waals surface area contributed by atoms with Gasteiger partial charge < -0.3 is 5.32 Å². The van der Waals surface area contributed by atoms with E-state index in [2.05, 4.69) is 5.32 Å². The van der Waals surface area contributed by atoms with Crippen LogP contribution in [0.3, 0.4) is 0 Å². The van der Waals surface area contributed by atoms with Gasteiger partial charge in [-0.1, -0.05) is 29.8 Å². The summed E-state index contributed by atoms with van der Waals surface area (Å²) in [6, 6.07) is 8.06. The maximum Gasteiger partial charge on any atom is 0.298 e. The van der Waals surface area contributed by atoms with Crippen LogP contribution in [0, 0.1) is 21.7 Å². The van der Waals surface area contributed by atoms with Gasteiger partial charge in [0.15, 0.2) is 5.82 Å². The van der Waals surface area contributed by atoms with Crippen LogP contribution in [0.2, 0.25) is 5.02 Å². The molecule has 2 aromatic carbocycles. The van der Waals surface area contributed by atoms with E-state index in [0.717, 1.165) is 0 Å². The summed E-state index contributed by atoms with van der Waals surface area (Å²) in [4.78, 5) is 9.96. The van der Waals surface area contributed by atoms with Crippen LogP contribution in [0.1, 0.15) is 5.56 Å². The van der Waals surface area contributed by atoms with Crippen molar-refractivity contribution in [1.29, 1.82) is 0 Å². The number of benzene rings is 2. The molecule has 2 rings (SSSR count). The summed E-state index contributed by atoms with van der Waals surface area (Å²) in [6.45, 7) is 0.0864. The Hall–Kier alpha value is -2.21. The summed E-state index contributed by atoms with van der Waals surface area (Å²) >= 11 is 5.93. The number of nitro benzene ring substituents is 1. The Bertz CT molecular complexity index is 665. The predicted octanol–water partition coefficient (Wildman–Crippen LogP) is 4.14. The molecule has 0 bridgehead atoms. The Labute approximate surface area is 118 Å². The van der Waals surface area contributed by atoms with Crippen LogP contribution in [0.4, 0.5) is 20.2 Å².